The largest absolute Gasteiger partial charge is 0.389 e. The van der Waals surface area contributed by atoms with Gasteiger partial charge in [0.2, 0.25) is 0 Å². The Bertz CT molecular complexity index is 247. The minimum absolute atomic E-state index is 0.164. The molecule has 2 heterocycles. The molecule has 100 valence electrons. The molecule has 2 rings (SSSR count). The molecule has 2 aliphatic rings. The molecule has 0 radical (unpaired) electrons. The second-order valence-electron chi connectivity index (χ2n) is 6.61. The Morgan fingerprint density at radius 1 is 1.24 bits per heavy atom. The second-order valence-corrected chi connectivity index (χ2v) is 6.61. The number of hydrogen-bond donors (Lipinski definition) is 2. The van der Waals surface area contributed by atoms with Crippen molar-refractivity contribution in [2.24, 2.45) is 0 Å². The summed E-state index contributed by atoms with van der Waals surface area (Å²) in [6.07, 6.45) is 6.58. The molecular weight excluding hydrogens is 212 g/mol. The Labute approximate surface area is 106 Å². The highest BCUT2D eigenvalue weighted by Gasteiger charge is 2.37. The quantitative estimate of drug-likeness (QED) is 0.789. The molecule has 3 atom stereocenters. The lowest BCUT2D eigenvalue weighted by Gasteiger charge is -2.48. The summed E-state index contributed by atoms with van der Waals surface area (Å²) >= 11 is 0. The molecule has 3 nitrogen and oxygen atoms in total. The fourth-order valence-corrected chi connectivity index (χ4v) is 3.31. The average molecular weight is 240 g/mol. The summed E-state index contributed by atoms with van der Waals surface area (Å²) < 4.78 is 0. The lowest BCUT2D eigenvalue weighted by Crippen LogP contribution is -2.58. The summed E-state index contributed by atoms with van der Waals surface area (Å²) in [6.45, 7) is 5.87. The number of nitrogens with zero attached hydrogens (tertiary/aromatic N) is 1. The molecule has 3 heteroatoms. The fraction of sp³-hybridized carbons (Fsp3) is 1.00. The van der Waals surface area contributed by atoms with Crippen LogP contribution in [-0.4, -0.2) is 46.8 Å². The van der Waals surface area contributed by atoms with Gasteiger partial charge in [0.25, 0.3) is 0 Å². The first-order chi connectivity index (χ1) is 7.88. The molecule has 2 bridgehead atoms. The molecule has 0 aromatic heterocycles. The van der Waals surface area contributed by atoms with Gasteiger partial charge in [0.15, 0.2) is 0 Å². The standard InChI is InChI=1S/C14H28N2O/c1-10(14(2,3)17)15-11-8-12-6-5-7-13(9-11)16(12)4/h10-13,15,17H,5-9H2,1-4H3. The molecule has 17 heavy (non-hydrogen) atoms. The smallest absolute Gasteiger partial charge is 0.0741 e. The van der Waals surface area contributed by atoms with Crippen molar-refractivity contribution in [1.82, 2.24) is 10.2 Å². The lowest BCUT2D eigenvalue weighted by molar-refractivity contribution is 0.0135. The molecule has 0 aromatic carbocycles. The zero-order chi connectivity index (χ0) is 12.6. The van der Waals surface area contributed by atoms with Gasteiger partial charge < -0.3 is 15.3 Å². The molecule has 2 fully saturated rings. The predicted octanol–water partition coefficient (Wildman–Crippen LogP) is 1.75. The van der Waals surface area contributed by atoms with Crippen LogP contribution in [0.5, 0.6) is 0 Å². The van der Waals surface area contributed by atoms with Gasteiger partial charge in [0.05, 0.1) is 5.60 Å². The van der Waals surface area contributed by atoms with E-state index in [4.69, 9.17) is 0 Å². The van der Waals surface area contributed by atoms with Gasteiger partial charge in [0, 0.05) is 24.2 Å². The maximum absolute atomic E-state index is 10.00. The van der Waals surface area contributed by atoms with Gasteiger partial charge >= 0.3 is 0 Å². The molecule has 0 amide bonds. The van der Waals surface area contributed by atoms with Crippen LogP contribution in [-0.2, 0) is 0 Å². The van der Waals surface area contributed by atoms with E-state index in [0.29, 0.717) is 6.04 Å². The zero-order valence-corrected chi connectivity index (χ0v) is 11.7. The summed E-state index contributed by atoms with van der Waals surface area (Å²) in [5.74, 6) is 0. The van der Waals surface area contributed by atoms with E-state index in [1.807, 2.05) is 13.8 Å². The van der Waals surface area contributed by atoms with Crippen molar-refractivity contribution in [1.29, 1.82) is 0 Å². The van der Waals surface area contributed by atoms with Crippen molar-refractivity contribution in [3.8, 4) is 0 Å². The van der Waals surface area contributed by atoms with Gasteiger partial charge in [-0.2, -0.15) is 0 Å². The van der Waals surface area contributed by atoms with Crippen LogP contribution >= 0.6 is 0 Å². The summed E-state index contributed by atoms with van der Waals surface area (Å²) in [6, 6.07) is 2.27. The van der Waals surface area contributed by atoms with Crippen LogP contribution in [0.2, 0.25) is 0 Å². The Kier molecular flexibility index (Phi) is 3.81. The molecular formula is C14H28N2O. The number of aliphatic hydroxyl groups is 1. The van der Waals surface area contributed by atoms with Gasteiger partial charge in [-0.05, 0) is 53.5 Å². The predicted molar refractivity (Wildman–Crippen MR) is 71.1 cm³/mol. The third-order valence-electron chi connectivity index (χ3n) is 4.89. The van der Waals surface area contributed by atoms with E-state index < -0.39 is 5.60 Å². The molecule has 0 spiro atoms. The van der Waals surface area contributed by atoms with Crippen molar-refractivity contribution in [3.05, 3.63) is 0 Å². The van der Waals surface area contributed by atoms with E-state index in [1.54, 1.807) is 0 Å². The highest BCUT2D eigenvalue weighted by atomic mass is 16.3. The maximum Gasteiger partial charge on any atom is 0.0741 e. The van der Waals surface area contributed by atoms with E-state index >= 15 is 0 Å². The van der Waals surface area contributed by atoms with Crippen molar-refractivity contribution in [3.63, 3.8) is 0 Å². The third kappa shape index (κ3) is 3.01. The zero-order valence-electron chi connectivity index (χ0n) is 11.7. The van der Waals surface area contributed by atoms with Crippen molar-refractivity contribution >= 4 is 0 Å². The number of rotatable bonds is 3. The average Bonchev–Trinajstić information content (AvgIpc) is 2.18. The number of nitrogens with one attached hydrogen (secondary N) is 1. The molecule has 0 aliphatic carbocycles. The summed E-state index contributed by atoms with van der Waals surface area (Å²) in [5, 5.41) is 13.6. The maximum atomic E-state index is 10.00. The Morgan fingerprint density at radius 2 is 1.76 bits per heavy atom. The van der Waals surface area contributed by atoms with E-state index in [2.05, 4.69) is 24.2 Å². The Balaban J connectivity index is 1.92. The van der Waals surface area contributed by atoms with Crippen LogP contribution in [0.1, 0.15) is 52.9 Å². The Morgan fingerprint density at radius 3 is 2.24 bits per heavy atom. The van der Waals surface area contributed by atoms with Gasteiger partial charge in [-0.15, -0.1) is 0 Å². The normalized spacial score (nSPS) is 36.9. The van der Waals surface area contributed by atoms with Crippen LogP contribution in [0.15, 0.2) is 0 Å². The van der Waals surface area contributed by atoms with Gasteiger partial charge in [-0.3, -0.25) is 0 Å². The van der Waals surface area contributed by atoms with Gasteiger partial charge in [0.1, 0.15) is 0 Å². The molecule has 3 unspecified atom stereocenters. The van der Waals surface area contributed by atoms with Gasteiger partial charge in [-0.25, -0.2) is 0 Å². The van der Waals surface area contributed by atoms with Crippen molar-refractivity contribution in [2.45, 2.75) is 82.6 Å². The molecule has 2 aliphatic heterocycles. The second kappa shape index (κ2) is 4.87. The number of hydrogen-bond acceptors (Lipinski definition) is 3. The topological polar surface area (TPSA) is 35.5 Å². The minimum Gasteiger partial charge on any atom is -0.389 e. The first kappa shape index (κ1) is 13.3. The van der Waals surface area contributed by atoms with Crippen LogP contribution in [0.25, 0.3) is 0 Å². The monoisotopic (exact) mass is 240 g/mol. The number of fused-ring (bicyclic) bond motifs is 2. The number of piperidine rings is 2. The van der Waals surface area contributed by atoms with Crippen LogP contribution in [0.4, 0.5) is 0 Å². The minimum atomic E-state index is -0.627. The first-order valence-electron chi connectivity index (χ1n) is 7.08. The van der Waals surface area contributed by atoms with Crippen molar-refractivity contribution < 1.29 is 5.11 Å². The SMILES string of the molecule is CC(NC1CC2CCCC(C1)N2C)C(C)(C)O. The van der Waals surface area contributed by atoms with Crippen LogP contribution in [0, 0.1) is 0 Å². The van der Waals surface area contributed by atoms with E-state index in [9.17, 15) is 5.11 Å². The Hall–Kier alpha value is -0.120. The molecule has 2 saturated heterocycles. The van der Waals surface area contributed by atoms with Gasteiger partial charge in [-0.1, -0.05) is 6.42 Å². The van der Waals surface area contributed by atoms with E-state index in [0.717, 1.165) is 12.1 Å². The fourth-order valence-electron chi connectivity index (χ4n) is 3.31. The highest BCUT2D eigenvalue weighted by molar-refractivity contribution is 4.95. The first-order valence-corrected chi connectivity index (χ1v) is 7.08. The van der Waals surface area contributed by atoms with E-state index in [1.165, 1.54) is 32.1 Å². The molecule has 2 N–H and O–H groups in total. The highest BCUT2D eigenvalue weighted by Crippen LogP contribution is 2.33. The third-order valence-corrected chi connectivity index (χ3v) is 4.89. The summed E-state index contributed by atoms with van der Waals surface area (Å²) in [7, 11) is 2.28. The lowest BCUT2D eigenvalue weighted by atomic mass is 9.81. The van der Waals surface area contributed by atoms with Crippen LogP contribution in [0.3, 0.4) is 0 Å². The molecule has 0 saturated carbocycles. The summed E-state index contributed by atoms with van der Waals surface area (Å²) in [4.78, 5) is 2.58. The van der Waals surface area contributed by atoms with Crippen LogP contribution < -0.4 is 5.32 Å². The molecule has 0 aromatic rings. The summed E-state index contributed by atoms with van der Waals surface area (Å²) in [5.41, 5.74) is -0.627. The van der Waals surface area contributed by atoms with E-state index in [-0.39, 0.29) is 6.04 Å². The van der Waals surface area contributed by atoms with Crippen molar-refractivity contribution in [2.75, 3.05) is 7.05 Å².